The number of nitrogens with zero attached hydrogens (tertiary/aromatic N) is 1. The van der Waals surface area contributed by atoms with Crippen molar-refractivity contribution in [3.8, 4) is 0 Å². The first-order valence-corrected chi connectivity index (χ1v) is 5.10. The quantitative estimate of drug-likeness (QED) is 0.647. The Labute approximate surface area is 85.7 Å². The fraction of sp³-hybridized carbons (Fsp3) is 0.727. The summed E-state index contributed by atoms with van der Waals surface area (Å²) >= 11 is 0. The molecule has 1 saturated heterocycles. The normalized spacial score (nSPS) is 25.1. The second kappa shape index (κ2) is 4.13. The minimum atomic E-state index is -0.458. The molecular weight excluding hydrogens is 178 g/mol. The first kappa shape index (κ1) is 11.2. The summed E-state index contributed by atoms with van der Waals surface area (Å²) < 4.78 is 5.60. The molecule has 1 rings (SSSR count). The third-order valence-electron chi connectivity index (χ3n) is 2.58. The van der Waals surface area contributed by atoms with Crippen molar-refractivity contribution in [2.24, 2.45) is 0 Å². The fourth-order valence-electron chi connectivity index (χ4n) is 1.92. The molecule has 3 heteroatoms. The molecule has 0 saturated carbocycles. The van der Waals surface area contributed by atoms with Crippen LogP contribution in [-0.2, 0) is 9.53 Å². The molecule has 0 aromatic heterocycles. The zero-order chi connectivity index (χ0) is 10.8. The Balaban J connectivity index is 2.80. The summed E-state index contributed by atoms with van der Waals surface area (Å²) in [6.45, 7) is 10.1. The molecule has 0 bridgehead atoms. The summed E-state index contributed by atoms with van der Waals surface area (Å²) in [5.41, 5.74) is -0.458. The maximum Gasteiger partial charge on any atom is 0.224 e. The van der Waals surface area contributed by atoms with Crippen LogP contribution in [0.3, 0.4) is 0 Å². The molecule has 80 valence electrons. The molecule has 1 aliphatic heterocycles. The lowest BCUT2D eigenvalue weighted by molar-refractivity contribution is -0.145. The fourth-order valence-corrected chi connectivity index (χ4v) is 1.92. The van der Waals surface area contributed by atoms with Gasteiger partial charge in [0.25, 0.3) is 0 Å². The van der Waals surface area contributed by atoms with Gasteiger partial charge in [-0.25, -0.2) is 0 Å². The topological polar surface area (TPSA) is 29.5 Å². The maximum atomic E-state index is 11.7. The lowest BCUT2D eigenvalue weighted by Gasteiger charge is -2.33. The molecule has 1 fully saturated rings. The summed E-state index contributed by atoms with van der Waals surface area (Å²) in [7, 11) is 0. The van der Waals surface area contributed by atoms with Crippen LogP contribution in [0.4, 0.5) is 0 Å². The molecule has 1 heterocycles. The van der Waals surface area contributed by atoms with E-state index < -0.39 is 5.72 Å². The van der Waals surface area contributed by atoms with Crippen LogP contribution >= 0.6 is 0 Å². The van der Waals surface area contributed by atoms with Crippen LogP contribution in [0, 0.1) is 0 Å². The molecule has 0 aromatic rings. The molecule has 1 aliphatic rings. The van der Waals surface area contributed by atoms with E-state index in [2.05, 4.69) is 6.58 Å². The van der Waals surface area contributed by atoms with Gasteiger partial charge in [-0.1, -0.05) is 13.0 Å². The van der Waals surface area contributed by atoms with Gasteiger partial charge < -0.3 is 9.64 Å². The van der Waals surface area contributed by atoms with E-state index in [0.717, 1.165) is 6.42 Å². The van der Waals surface area contributed by atoms with Gasteiger partial charge in [0, 0.05) is 6.42 Å². The van der Waals surface area contributed by atoms with E-state index in [4.69, 9.17) is 4.74 Å². The minimum Gasteiger partial charge on any atom is -0.354 e. The van der Waals surface area contributed by atoms with Crippen molar-refractivity contribution < 1.29 is 9.53 Å². The molecule has 0 unspecified atom stereocenters. The summed E-state index contributed by atoms with van der Waals surface area (Å²) in [6.07, 6.45) is 3.17. The van der Waals surface area contributed by atoms with Crippen molar-refractivity contribution in [2.45, 2.75) is 45.4 Å². The molecular formula is C11H19NO2. The molecule has 1 amide bonds. The molecule has 3 nitrogen and oxygen atoms in total. The van der Waals surface area contributed by atoms with Crippen molar-refractivity contribution in [1.29, 1.82) is 0 Å². The Kier molecular flexibility index (Phi) is 3.32. The lowest BCUT2D eigenvalue weighted by atomic mass is 10.1. The van der Waals surface area contributed by atoms with Gasteiger partial charge in [0.05, 0.1) is 12.6 Å². The first-order valence-electron chi connectivity index (χ1n) is 5.10. The third-order valence-corrected chi connectivity index (χ3v) is 2.58. The number of hydrogen-bond donors (Lipinski definition) is 0. The predicted molar refractivity (Wildman–Crippen MR) is 55.8 cm³/mol. The van der Waals surface area contributed by atoms with E-state index in [1.807, 2.05) is 31.7 Å². The molecule has 0 spiro atoms. The van der Waals surface area contributed by atoms with Crippen LogP contribution in [0.1, 0.15) is 33.6 Å². The predicted octanol–water partition coefficient (Wildman–Crippen LogP) is 1.94. The Hall–Kier alpha value is -0.830. The van der Waals surface area contributed by atoms with Crippen LogP contribution in [0.25, 0.3) is 0 Å². The number of carbonyl (C=O) groups is 1. The zero-order valence-corrected chi connectivity index (χ0v) is 9.25. The van der Waals surface area contributed by atoms with E-state index in [-0.39, 0.29) is 11.9 Å². The Bertz CT molecular complexity index is 235. The van der Waals surface area contributed by atoms with Gasteiger partial charge in [-0.2, -0.15) is 0 Å². The van der Waals surface area contributed by atoms with Crippen molar-refractivity contribution in [3.63, 3.8) is 0 Å². The summed E-state index contributed by atoms with van der Waals surface area (Å²) in [6, 6.07) is 0.162. The summed E-state index contributed by atoms with van der Waals surface area (Å²) in [5, 5.41) is 0. The summed E-state index contributed by atoms with van der Waals surface area (Å²) in [5.74, 6) is 0.152. The van der Waals surface area contributed by atoms with E-state index >= 15 is 0 Å². The maximum absolute atomic E-state index is 11.7. The minimum absolute atomic E-state index is 0.152. The number of hydrogen-bond acceptors (Lipinski definition) is 2. The van der Waals surface area contributed by atoms with Crippen LogP contribution in [0.5, 0.6) is 0 Å². The average Bonchev–Trinajstić information content (AvgIpc) is 2.41. The Morgan fingerprint density at radius 2 is 2.36 bits per heavy atom. The SMILES string of the molecule is C=CC[C@H]1COC(C)(C)N1C(=O)CC. The second-order valence-electron chi connectivity index (χ2n) is 4.05. The third kappa shape index (κ3) is 1.98. The highest BCUT2D eigenvalue weighted by atomic mass is 16.5. The molecule has 0 radical (unpaired) electrons. The Morgan fingerprint density at radius 1 is 1.71 bits per heavy atom. The molecule has 0 N–H and O–H groups in total. The van der Waals surface area contributed by atoms with E-state index in [0.29, 0.717) is 13.0 Å². The van der Waals surface area contributed by atoms with Gasteiger partial charge in [-0.3, -0.25) is 4.79 Å². The number of carbonyl (C=O) groups excluding carboxylic acids is 1. The first-order chi connectivity index (χ1) is 6.53. The smallest absolute Gasteiger partial charge is 0.224 e. The second-order valence-corrected chi connectivity index (χ2v) is 4.05. The summed E-state index contributed by atoms with van der Waals surface area (Å²) in [4.78, 5) is 13.6. The van der Waals surface area contributed by atoms with Crippen LogP contribution in [0.15, 0.2) is 12.7 Å². The van der Waals surface area contributed by atoms with Gasteiger partial charge in [-0.15, -0.1) is 6.58 Å². The monoisotopic (exact) mass is 197 g/mol. The highest BCUT2D eigenvalue weighted by molar-refractivity contribution is 5.77. The number of rotatable bonds is 3. The van der Waals surface area contributed by atoms with Crippen LogP contribution < -0.4 is 0 Å². The van der Waals surface area contributed by atoms with Crippen molar-refractivity contribution in [3.05, 3.63) is 12.7 Å². The van der Waals surface area contributed by atoms with E-state index in [9.17, 15) is 4.79 Å². The van der Waals surface area contributed by atoms with Gasteiger partial charge in [0.1, 0.15) is 5.72 Å². The highest BCUT2D eigenvalue weighted by Gasteiger charge is 2.42. The standard InChI is InChI=1S/C11H19NO2/c1-5-7-9-8-14-11(3,4)12(9)10(13)6-2/h5,9H,1,6-8H2,2-4H3/t9-/m0/s1. The van der Waals surface area contributed by atoms with Gasteiger partial charge in [-0.05, 0) is 20.3 Å². The van der Waals surface area contributed by atoms with Gasteiger partial charge in [0.2, 0.25) is 5.91 Å². The van der Waals surface area contributed by atoms with Gasteiger partial charge in [0.15, 0.2) is 0 Å². The largest absolute Gasteiger partial charge is 0.354 e. The molecule has 1 atom stereocenters. The zero-order valence-electron chi connectivity index (χ0n) is 9.25. The number of ether oxygens (including phenoxy) is 1. The van der Waals surface area contributed by atoms with E-state index in [1.54, 1.807) is 0 Å². The van der Waals surface area contributed by atoms with Crippen molar-refractivity contribution in [2.75, 3.05) is 6.61 Å². The average molecular weight is 197 g/mol. The lowest BCUT2D eigenvalue weighted by Crippen LogP contribution is -2.47. The van der Waals surface area contributed by atoms with Crippen molar-refractivity contribution in [1.82, 2.24) is 4.90 Å². The molecule has 0 aromatic carbocycles. The molecule has 14 heavy (non-hydrogen) atoms. The highest BCUT2D eigenvalue weighted by Crippen LogP contribution is 2.29. The van der Waals surface area contributed by atoms with Crippen LogP contribution in [-0.4, -0.2) is 29.2 Å². The van der Waals surface area contributed by atoms with Crippen molar-refractivity contribution >= 4 is 5.91 Å². The van der Waals surface area contributed by atoms with Crippen LogP contribution in [0.2, 0.25) is 0 Å². The van der Waals surface area contributed by atoms with E-state index in [1.165, 1.54) is 0 Å². The Morgan fingerprint density at radius 3 is 2.86 bits per heavy atom. The number of amides is 1. The van der Waals surface area contributed by atoms with Gasteiger partial charge >= 0.3 is 0 Å². The molecule has 0 aliphatic carbocycles.